The number of benzene rings is 1. The van der Waals surface area contributed by atoms with Crippen molar-refractivity contribution in [2.24, 2.45) is 5.92 Å². The van der Waals surface area contributed by atoms with Gasteiger partial charge in [0.1, 0.15) is 0 Å². The first-order valence-electron chi connectivity index (χ1n) is 10.9. The number of Topliss-reactive ketones (excluding diaryl/α,β-unsaturated/α-hetero) is 1. The van der Waals surface area contributed by atoms with Crippen molar-refractivity contribution in [1.29, 1.82) is 0 Å². The van der Waals surface area contributed by atoms with E-state index in [0.29, 0.717) is 23.7 Å². The number of likely N-dealkylation sites (tertiary alicyclic amines) is 1. The number of carbonyl (C=O) groups excluding carboxylic acids is 2. The van der Waals surface area contributed by atoms with E-state index >= 15 is 0 Å². The van der Waals surface area contributed by atoms with Crippen LogP contribution >= 0.6 is 0 Å². The quantitative estimate of drug-likeness (QED) is 0.772. The van der Waals surface area contributed by atoms with E-state index in [0.717, 1.165) is 42.7 Å². The lowest BCUT2D eigenvalue weighted by Gasteiger charge is -2.26. The molecule has 2 aromatic rings. The number of anilines is 2. The summed E-state index contributed by atoms with van der Waals surface area (Å²) in [5, 5.41) is 3.31. The number of nitrogens with one attached hydrogen (secondary N) is 1. The maximum atomic E-state index is 12.8. The molecular formula is C24H29N3O3. The van der Waals surface area contributed by atoms with Crippen molar-refractivity contribution in [3.63, 3.8) is 0 Å². The fourth-order valence-electron chi connectivity index (χ4n) is 4.32. The van der Waals surface area contributed by atoms with Crippen molar-refractivity contribution >= 4 is 23.2 Å². The largest absolute Gasteiger partial charge is 0.490 e. The minimum atomic E-state index is 0.00689. The van der Waals surface area contributed by atoms with Crippen molar-refractivity contribution in [3.8, 4) is 5.75 Å². The van der Waals surface area contributed by atoms with Gasteiger partial charge in [0.05, 0.1) is 12.2 Å². The van der Waals surface area contributed by atoms with Crippen LogP contribution in [-0.4, -0.2) is 41.3 Å². The van der Waals surface area contributed by atoms with Crippen LogP contribution in [0.1, 0.15) is 72.2 Å². The first-order chi connectivity index (χ1) is 14.5. The molecule has 1 aromatic carbocycles. The van der Waals surface area contributed by atoms with Crippen LogP contribution < -0.4 is 10.1 Å². The highest BCUT2D eigenvalue weighted by molar-refractivity contribution is 6.03. The zero-order chi connectivity index (χ0) is 21.3. The third-order valence-electron chi connectivity index (χ3n) is 6.28. The predicted molar refractivity (Wildman–Crippen MR) is 117 cm³/mol. The van der Waals surface area contributed by atoms with Gasteiger partial charge in [-0.3, -0.25) is 9.59 Å². The van der Waals surface area contributed by atoms with Crippen molar-refractivity contribution in [1.82, 2.24) is 9.88 Å². The van der Waals surface area contributed by atoms with Crippen LogP contribution in [0.3, 0.4) is 0 Å². The number of rotatable bonds is 5. The maximum absolute atomic E-state index is 12.8. The van der Waals surface area contributed by atoms with Crippen molar-refractivity contribution in [3.05, 3.63) is 47.2 Å². The fraction of sp³-hybridized carbons (Fsp3) is 0.458. The predicted octanol–water partition coefficient (Wildman–Crippen LogP) is 4.79. The molecule has 6 heteroatoms. The second-order valence-corrected chi connectivity index (χ2v) is 8.23. The Morgan fingerprint density at radius 3 is 2.67 bits per heavy atom. The number of carbonyl (C=O) groups is 2. The second-order valence-electron chi connectivity index (χ2n) is 8.23. The van der Waals surface area contributed by atoms with Crippen LogP contribution in [0, 0.1) is 5.92 Å². The van der Waals surface area contributed by atoms with E-state index in [4.69, 9.17) is 4.74 Å². The molecule has 0 spiro atoms. The maximum Gasteiger partial charge on any atom is 0.255 e. The van der Waals surface area contributed by atoms with Gasteiger partial charge in [-0.15, -0.1) is 0 Å². The molecule has 0 radical (unpaired) electrons. The lowest BCUT2D eigenvalue weighted by molar-refractivity contribution is 0.0723. The van der Waals surface area contributed by atoms with Gasteiger partial charge in [-0.05, 0) is 61.9 Å². The van der Waals surface area contributed by atoms with Gasteiger partial charge in [-0.1, -0.05) is 13.8 Å². The number of hydrogen-bond acceptors (Lipinski definition) is 5. The lowest BCUT2D eigenvalue weighted by Crippen LogP contribution is -2.35. The second kappa shape index (κ2) is 8.46. The number of piperidine rings is 1. The molecule has 1 aliphatic heterocycles. The van der Waals surface area contributed by atoms with Crippen molar-refractivity contribution in [2.45, 2.75) is 46.0 Å². The van der Waals surface area contributed by atoms with Crippen LogP contribution in [0.25, 0.3) is 0 Å². The van der Waals surface area contributed by atoms with Gasteiger partial charge in [-0.2, -0.15) is 0 Å². The summed E-state index contributed by atoms with van der Waals surface area (Å²) in [5.41, 5.74) is 3.27. The van der Waals surface area contributed by atoms with Gasteiger partial charge in [0.15, 0.2) is 17.4 Å². The Morgan fingerprint density at radius 2 is 1.93 bits per heavy atom. The number of aromatic nitrogens is 1. The molecule has 158 valence electrons. The third kappa shape index (κ3) is 3.78. The molecule has 4 rings (SSSR count). The van der Waals surface area contributed by atoms with E-state index in [-0.39, 0.29) is 23.5 Å². The molecule has 0 bridgehead atoms. The lowest BCUT2D eigenvalue weighted by atomic mass is 9.96. The van der Waals surface area contributed by atoms with Crippen molar-refractivity contribution < 1.29 is 14.3 Å². The Bertz CT molecular complexity index is 966. The summed E-state index contributed by atoms with van der Waals surface area (Å²) in [6.07, 6.45) is 4.90. The number of pyridine rings is 1. The minimum Gasteiger partial charge on any atom is -0.490 e. The number of ether oxygens (including phenoxy) is 1. The van der Waals surface area contributed by atoms with Crippen LogP contribution in [0.15, 0.2) is 30.5 Å². The zero-order valence-corrected chi connectivity index (χ0v) is 17.9. The molecule has 1 saturated heterocycles. The molecule has 2 atom stereocenters. The summed E-state index contributed by atoms with van der Waals surface area (Å²) in [6.45, 7) is 8.05. The highest BCUT2D eigenvalue weighted by Gasteiger charge is 2.33. The number of fused-ring (bicyclic) bond motifs is 1. The number of hydrogen-bond donors (Lipinski definition) is 1. The van der Waals surface area contributed by atoms with E-state index in [1.807, 2.05) is 36.9 Å². The van der Waals surface area contributed by atoms with E-state index in [2.05, 4.69) is 17.2 Å². The van der Waals surface area contributed by atoms with Gasteiger partial charge in [0.2, 0.25) is 0 Å². The van der Waals surface area contributed by atoms with Gasteiger partial charge < -0.3 is 15.0 Å². The van der Waals surface area contributed by atoms with Gasteiger partial charge in [0, 0.05) is 36.5 Å². The van der Waals surface area contributed by atoms with Crippen LogP contribution in [0.2, 0.25) is 0 Å². The Morgan fingerprint density at radius 1 is 1.17 bits per heavy atom. The Kier molecular flexibility index (Phi) is 5.75. The molecule has 6 nitrogen and oxygen atoms in total. The average Bonchev–Trinajstić information content (AvgIpc) is 2.99. The normalized spacial score (nSPS) is 20.8. The fourth-order valence-corrected chi connectivity index (χ4v) is 4.32. The standard InChI is InChI=1S/C24H29N3O3/c1-4-30-21-12-17(24(29)27-10-6-5-7-11-27)14-25-23(21)26-18-8-9-19-20(13-18)15(2)16(3)22(19)28/h8-9,12-16H,4-7,10-11H2,1-3H3,(H,25,26). The first-order valence-corrected chi connectivity index (χ1v) is 10.9. The van der Waals surface area contributed by atoms with Crippen LogP contribution in [-0.2, 0) is 0 Å². The summed E-state index contributed by atoms with van der Waals surface area (Å²) in [7, 11) is 0. The van der Waals surface area contributed by atoms with Gasteiger partial charge in [0.25, 0.3) is 5.91 Å². The Balaban J connectivity index is 1.59. The molecular weight excluding hydrogens is 378 g/mol. The summed E-state index contributed by atoms with van der Waals surface area (Å²) in [6, 6.07) is 7.57. The summed E-state index contributed by atoms with van der Waals surface area (Å²) in [5.74, 6) is 1.53. The summed E-state index contributed by atoms with van der Waals surface area (Å²) in [4.78, 5) is 31.6. The molecule has 1 aromatic heterocycles. The third-order valence-corrected chi connectivity index (χ3v) is 6.28. The average molecular weight is 408 g/mol. The number of ketones is 1. The molecule has 1 amide bonds. The first kappa shape index (κ1) is 20.4. The summed E-state index contributed by atoms with van der Waals surface area (Å²) < 4.78 is 5.79. The topological polar surface area (TPSA) is 71.5 Å². The van der Waals surface area contributed by atoms with Crippen LogP contribution in [0.5, 0.6) is 5.75 Å². The molecule has 1 fully saturated rings. The number of nitrogens with zero attached hydrogens (tertiary/aromatic N) is 2. The van der Waals surface area contributed by atoms with E-state index in [1.54, 1.807) is 12.3 Å². The van der Waals surface area contributed by atoms with E-state index < -0.39 is 0 Å². The molecule has 2 heterocycles. The molecule has 30 heavy (non-hydrogen) atoms. The Hall–Kier alpha value is -2.89. The van der Waals surface area contributed by atoms with Gasteiger partial charge in [-0.25, -0.2) is 4.98 Å². The summed E-state index contributed by atoms with van der Waals surface area (Å²) >= 11 is 0. The highest BCUT2D eigenvalue weighted by atomic mass is 16.5. The Labute approximate surface area is 177 Å². The van der Waals surface area contributed by atoms with E-state index in [1.165, 1.54) is 6.42 Å². The van der Waals surface area contributed by atoms with Crippen LogP contribution in [0.4, 0.5) is 11.5 Å². The molecule has 1 aliphatic carbocycles. The molecule has 2 unspecified atom stereocenters. The van der Waals surface area contributed by atoms with Gasteiger partial charge >= 0.3 is 0 Å². The SMILES string of the molecule is CCOc1cc(C(=O)N2CCCCC2)cnc1Nc1ccc2c(c1)C(C)C(C)C2=O. The molecule has 0 saturated carbocycles. The van der Waals surface area contributed by atoms with E-state index in [9.17, 15) is 9.59 Å². The smallest absolute Gasteiger partial charge is 0.255 e. The molecule has 1 N–H and O–H groups in total. The molecule has 2 aliphatic rings. The highest BCUT2D eigenvalue weighted by Crippen LogP contribution is 2.39. The van der Waals surface area contributed by atoms with Crippen molar-refractivity contribution in [2.75, 3.05) is 25.0 Å². The minimum absolute atomic E-state index is 0.00689. The zero-order valence-electron chi connectivity index (χ0n) is 17.9. The number of amides is 1. The monoisotopic (exact) mass is 407 g/mol.